The van der Waals surface area contributed by atoms with E-state index in [-0.39, 0.29) is 6.04 Å². The van der Waals surface area contributed by atoms with Crippen molar-refractivity contribution < 1.29 is 9.15 Å². The molecule has 1 saturated heterocycles. The fraction of sp³-hybridized carbons (Fsp3) is 0.467. The molecule has 2 atom stereocenters. The van der Waals surface area contributed by atoms with Gasteiger partial charge in [0.15, 0.2) is 0 Å². The Morgan fingerprint density at radius 3 is 3.05 bits per heavy atom. The fourth-order valence-corrected chi connectivity index (χ4v) is 2.67. The van der Waals surface area contributed by atoms with Crippen LogP contribution in [0.15, 0.2) is 34.9 Å². The van der Waals surface area contributed by atoms with Gasteiger partial charge in [0.05, 0.1) is 12.4 Å². The average Bonchev–Trinajstić information content (AvgIpc) is 3.09. The van der Waals surface area contributed by atoms with Crippen molar-refractivity contribution in [3.8, 4) is 0 Å². The van der Waals surface area contributed by atoms with Gasteiger partial charge in [0, 0.05) is 36.7 Å². The number of hydrogen-bond acceptors (Lipinski definition) is 4. The monoisotopic (exact) mass is 260 g/mol. The van der Waals surface area contributed by atoms with Crippen LogP contribution in [0.2, 0.25) is 0 Å². The Morgan fingerprint density at radius 2 is 2.26 bits per heavy atom. The zero-order chi connectivity index (χ0) is 13.1. The minimum atomic E-state index is 0.118. The molecule has 2 aromatic rings. The number of furan rings is 1. The summed E-state index contributed by atoms with van der Waals surface area (Å²) in [6.45, 7) is 2.28. The predicted octanol–water partition coefficient (Wildman–Crippen LogP) is 2.20. The lowest BCUT2D eigenvalue weighted by Crippen LogP contribution is -2.34. The molecule has 19 heavy (non-hydrogen) atoms. The molecular formula is C15H20N2O2. The highest BCUT2D eigenvalue weighted by Gasteiger charge is 2.19. The molecule has 1 fully saturated rings. The number of benzene rings is 1. The predicted molar refractivity (Wildman–Crippen MR) is 75.0 cm³/mol. The quantitative estimate of drug-likeness (QED) is 0.865. The van der Waals surface area contributed by atoms with E-state index in [1.807, 2.05) is 24.5 Å². The van der Waals surface area contributed by atoms with Gasteiger partial charge in [-0.1, -0.05) is 18.2 Å². The van der Waals surface area contributed by atoms with Gasteiger partial charge in [-0.15, -0.1) is 0 Å². The van der Waals surface area contributed by atoms with Gasteiger partial charge in [-0.3, -0.25) is 0 Å². The molecule has 1 aliphatic heterocycles. The lowest BCUT2D eigenvalue weighted by atomic mass is 10.1. The first-order valence-corrected chi connectivity index (χ1v) is 6.89. The van der Waals surface area contributed by atoms with Gasteiger partial charge < -0.3 is 20.2 Å². The number of nitrogens with two attached hydrogens (primary N) is 1. The van der Waals surface area contributed by atoms with E-state index in [2.05, 4.69) is 11.4 Å². The summed E-state index contributed by atoms with van der Waals surface area (Å²) in [6.07, 6.45) is 4.43. The third-order valence-electron chi connectivity index (χ3n) is 3.74. The molecule has 3 N–H and O–H groups in total. The molecule has 2 unspecified atom stereocenters. The summed E-state index contributed by atoms with van der Waals surface area (Å²) in [6, 6.07) is 8.17. The van der Waals surface area contributed by atoms with Gasteiger partial charge in [0.1, 0.15) is 5.58 Å². The van der Waals surface area contributed by atoms with E-state index in [9.17, 15) is 0 Å². The van der Waals surface area contributed by atoms with Crippen molar-refractivity contribution in [2.24, 2.45) is 5.73 Å². The van der Waals surface area contributed by atoms with Crippen LogP contribution < -0.4 is 11.1 Å². The van der Waals surface area contributed by atoms with Gasteiger partial charge >= 0.3 is 0 Å². The van der Waals surface area contributed by atoms with E-state index in [0.29, 0.717) is 12.6 Å². The molecule has 0 radical (unpaired) electrons. The largest absolute Gasteiger partial charge is 0.464 e. The fourth-order valence-electron chi connectivity index (χ4n) is 2.67. The second-order valence-corrected chi connectivity index (χ2v) is 5.02. The highest BCUT2D eigenvalue weighted by molar-refractivity contribution is 5.81. The van der Waals surface area contributed by atoms with Gasteiger partial charge in [0.2, 0.25) is 0 Å². The number of fused-ring (bicyclic) bond motifs is 1. The van der Waals surface area contributed by atoms with Gasteiger partial charge in [-0.05, 0) is 18.9 Å². The molecule has 4 nitrogen and oxygen atoms in total. The standard InChI is InChI=1S/C15H20N2O2/c16-8-14(17-9-11-4-3-7-18-11)13-10-19-15-6-2-1-5-12(13)15/h1-2,5-6,10-11,14,17H,3-4,7-9,16H2. The van der Waals surface area contributed by atoms with Crippen molar-refractivity contribution in [2.45, 2.75) is 25.0 Å². The normalized spacial score (nSPS) is 21.0. The molecule has 1 aromatic heterocycles. The van der Waals surface area contributed by atoms with Gasteiger partial charge in [-0.2, -0.15) is 0 Å². The molecular weight excluding hydrogens is 240 g/mol. The number of ether oxygens (including phenoxy) is 1. The van der Waals surface area contributed by atoms with Gasteiger partial charge in [0.25, 0.3) is 0 Å². The number of hydrogen-bond donors (Lipinski definition) is 2. The molecule has 0 spiro atoms. The maximum atomic E-state index is 5.89. The van der Waals surface area contributed by atoms with Gasteiger partial charge in [-0.25, -0.2) is 0 Å². The average molecular weight is 260 g/mol. The van der Waals surface area contributed by atoms with Crippen molar-refractivity contribution in [3.63, 3.8) is 0 Å². The first-order chi connectivity index (χ1) is 9.38. The maximum absolute atomic E-state index is 5.89. The second kappa shape index (κ2) is 5.74. The summed E-state index contributed by atoms with van der Waals surface area (Å²) in [4.78, 5) is 0. The zero-order valence-electron chi connectivity index (χ0n) is 11.0. The topological polar surface area (TPSA) is 60.4 Å². The first kappa shape index (κ1) is 12.7. The van der Waals surface area contributed by atoms with E-state index < -0.39 is 0 Å². The Morgan fingerprint density at radius 1 is 1.37 bits per heavy atom. The summed E-state index contributed by atoms with van der Waals surface area (Å²) in [7, 11) is 0. The lowest BCUT2D eigenvalue weighted by Gasteiger charge is -2.18. The van der Waals surface area contributed by atoms with Crippen LogP contribution in [0.1, 0.15) is 24.4 Å². The van der Waals surface area contributed by atoms with Crippen LogP contribution in [0.5, 0.6) is 0 Å². The molecule has 0 aliphatic carbocycles. The van der Waals surface area contributed by atoms with E-state index in [4.69, 9.17) is 14.9 Å². The van der Waals surface area contributed by atoms with Crippen molar-refractivity contribution in [1.82, 2.24) is 5.32 Å². The molecule has 0 saturated carbocycles. The maximum Gasteiger partial charge on any atom is 0.134 e. The minimum Gasteiger partial charge on any atom is -0.464 e. The molecule has 3 rings (SSSR count). The third-order valence-corrected chi connectivity index (χ3v) is 3.74. The highest BCUT2D eigenvalue weighted by Crippen LogP contribution is 2.26. The molecule has 1 aromatic carbocycles. The third kappa shape index (κ3) is 2.66. The van der Waals surface area contributed by atoms with Crippen LogP contribution in [-0.2, 0) is 4.74 Å². The number of rotatable bonds is 5. The number of para-hydroxylation sites is 1. The van der Waals surface area contributed by atoms with Crippen LogP contribution in [0.4, 0.5) is 0 Å². The Bertz CT molecular complexity index is 532. The van der Waals surface area contributed by atoms with E-state index in [0.717, 1.165) is 42.5 Å². The smallest absolute Gasteiger partial charge is 0.134 e. The van der Waals surface area contributed by atoms with Crippen LogP contribution in [0.3, 0.4) is 0 Å². The molecule has 0 bridgehead atoms. The molecule has 4 heteroatoms. The summed E-state index contributed by atoms with van der Waals surface area (Å²) in [5.74, 6) is 0. The molecule has 102 valence electrons. The van der Waals surface area contributed by atoms with Crippen LogP contribution in [0.25, 0.3) is 11.0 Å². The Kier molecular flexibility index (Phi) is 3.82. The summed E-state index contributed by atoms with van der Waals surface area (Å²) in [5.41, 5.74) is 7.94. The van der Waals surface area contributed by atoms with E-state index in [1.54, 1.807) is 0 Å². The lowest BCUT2D eigenvalue weighted by molar-refractivity contribution is 0.107. The van der Waals surface area contributed by atoms with Crippen molar-refractivity contribution in [2.75, 3.05) is 19.7 Å². The molecule has 1 aliphatic rings. The van der Waals surface area contributed by atoms with Crippen molar-refractivity contribution >= 4 is 11.0 Å². The Balaban J connectivity index is 1.73. The second-order valence-electron chi connectivity index (χ2n) is 5.02. The van der Waals surface area contributed by atoms with Crippen LogP contribution >= 0.6 is 0 Å². The molecule has 2 heterocycles. The summed E-state index contributed by atoms with van der Waals surface area (Å²) < 4.78 is 11.2. The Hall–Kier alpha value is -1.36. The summed E-state index contributed by atoms with van der Waals surface area (Å²) in [5, 5.41) is 4.63. The van der Waals surface area contributed by atoms with E-state index >= 15 is 0 Å². The summed E-state index contributed by atoms with van der Waals surface area (Å²) >= 11 is 0. The van der Waals surface area contributed by atoms with Crippen LogP contribution in [0, 0.1) is 0 Å². The Labute approximate surface area is 112 Å². The van der Waals surface area contributed by atoms with Crippen LogP contribution in [-0.4, -0.2) is 25.8 Å². The zero-order valence-corrected chi connectivity index (χ0v) is 11.0. The highest BCUT2D eigenvalue weighted by atomic mass is 16.5. The molecule has 0 amide bonds. The minimum absolute atomic E-state index is 0.118. The van der Waals surface area contributed by atoms with Crippen molar-refractivity contribution in [1.29, 1.82) is 0 Å². The SMILES string of the molecule is NCC(NCC1CCCO1)c1coc2ccccc12. The van der Waals surface area contributed by atoms with E-state index in [1.165, 1.54) is 0 Å². The number of nitrogens with one attached hydrogen (secondary N) is 1. The first-order valence-electron chi connectivity index (χ1n) is 6.89. The van der Waals surface area contributed by atoms with Crippen molar-refractivity contribution in [3.05, 3.63) is 36.1 Å².